The first-order chi connectivity index (χ1) is 17.3. The van der Waals surface area contributed by atoms with Crippen molar-refractivity contribution < 1.29 is 24.1 Å². The molecule has 4 rings (SSSR count). The number of rotatable bonds is 8. The lowest BCUT2D eigenvalue weighted by molar-refractivity contribution is 0.122. The summed E-state index contributed by atoms with van der Waals surface area (Å²) in [7, 11) is 1.65. The van der Waals surface area contributed by atoms with Crippen LogP contribution < -0.4 is 4.90 Å². The van der Waals surface area contributed by atoms with Gasteiger partial charge in [-0.25, -0.2) is 19.2 Å². The average Bonchev–Trinajstić information content (AvgIpc) is 2.85. The van der Waals surface area contributed by atoms with Gasteiger partial charge in [0.2, 0.25) is 0 Å². The number of carbonyl (C=O) groups is 1. The molecular formula is C27H33FN4O4. The molecule has 9 heteroatoms. The highest BCUT2D eigenvalue weighted by Crippen LogP contribution is 2.37. The van der Waals surface area contributed by atoms with Gasteiger partial charge in [0, 0.05) is 44.8 Å². The number of anilines is 1. The number of phenols is 1. The Labute approximate surface area is 210 Å². The van der Waals surface area contributed by atoms with Crippen LogP contribution in [0.2, 0.25) is 0 Å². The molecule has 3 aromatic rings. The first-order valence-corrected chi connectivity index (χ1v) is 12.3. The van der Waals surface area contributed by atoms with E-state index >= 15 is 0 Å². The van der Waals surface area contributed by atoms with E-state index in [-0.39, 0.29) is 29.1 Å². The van der Waals surface area contributed by atoms with E-state index in [4.69, 9.17) is 9.72 Å². The van der Waals surface area contributed by atoms with Crippen molar-refractivity contribution in [2.75, 3.05) is 38.3 Å². The molecule has 1 saturated heterocycles. The number of hydrogen-bond acceptors (Lipinski definition) is 6. The van der Waals surface area contributed by atoms with Gasteiger partial charge in [-0.3, -0.25) is 0 Å². The van der Waals surface area contributed by atoms with Crippen molar-refractivity contribution in [2.24, 2.45) is 5.92 Å². The van der Waals surface area contributed by atoms with Crippen molar-refractivity contribution in [3.05, 3.63) is 47.8 Å². The maximum absolute atomic E-state index is 14.8. The van der Waals surface area contributed by atoms with Crippen LogP contribution in [0.25, 0.3) is 22.3 Å². The molecule has 0 spiro atoms. The second-order valence-electron chi connectivity index (χ2n) is 9.29. The number of benzene rings is 2. The summed E-state index contributed by atoms with van der Waals surface area (Å²) < 4.78 is 20.2. The largest absolute Gasteiger partial charge is 0.507 e. The van der Waals surface area contributed by atoms with Gasteiger partial charge in [-0.1, -0.05) is 12.1 Å². The molecule has 36 heavy (non-hydrogen) atoms. The van der Waals surface area contributed by atoms with Crippen LogP contribution in [0, 0.1) is 18.7 Å². The molecule has 0 bridgehead atoms. The van der Waals surface area contributed by atoms with E-state index in [1.807, 2.05) is 32.0 Å². The van der Waals surface area contributed by atoms with Gasteiger partial charge >= 0.3 is 6.09 Å². The van der Waals surface area contributed by atoms with E-state index in [1.54, 1.807) is 7.11 Å². The van der Waals surface area contributed by atoms with Gasteiger partial charge in [0.1, 0.15) is 17.4 Å². The number of ether oxygens (including phenoxy) is 1. The summed E-state index contributed by atoms with van der Waals surface area (Å²) in [5.41, 5.74) is 1.63. The number of nitrogens with zero attached hydrogens (tertiary/aromatic N) is 4. The molecular weight excluding hydrogens is 463 g/mol. The lowest BCUT2D eigenvalue weighted by Crippen LogP contribution is -2.50. The molecule has 1 aromatic heterocycles. The quantitative estimate of drug-likeness (QED) is 0.449. The zero-order valence-electron chi connectivity index (χ0n) is 20.9. The van der Waals surface area contributed by atoms with E-state index in [0.717, 1.165) is 23.8 Å². The first-order valence-electron chi connectivity index (χ1n) is 12.3. The minimum absolute atomic E-state index is 0.0337. The lowest BCUT2D eigenvalue weighted by atomic mass is 9.86. The fourth-order valence-electron chi connectivity index (χ4n) is 5.16. The third-order valence-electron chi connectivity index (χ3n) is 6.96. The van der Waals surface area contributed by atoms with Gasteiger partial charge in [0.25, 0.3) is 0 Å². The minimum Gasteiger partial charge on any atom is -0.507 e. The Bertz CT molecular complexity index is 1220. The zero-order chi connectivity index (χ0) is 25.8. The van der Waals surface area contributed by atoms with Crippen LogP contribution in [0.5, 0.6) is 5.75 Å². The monoisotopic (exact) mass is 496 g/mol. The number of piperidine rings is 1. The Kier molecular flexibility index (Phi) is 7.88. The molecule has 1 unspecified atom stereocenters. The van der Waals surface area contributed by atoms with Crippen LogP contribution in [-0.2, 0) is 4.74 Å². The van der Waals surface area contributed by atoms with Crippen molar-refractivity contribution >= 4 is 22.8 Å². The average molecular weight is 497 g/mol. The number of amides is 1. The predicted octanol–water partition coefficient (Wildman–Crippen LogP) is 5.07. The molecule has 1 fully saturated rings. The maximum Gasteiger partial charge on any atom is 0.407 e. The van der Waals surface area contributed by atoms with Crippen LogP contribution in [0.4, 0.5) is 15.0 Å². The SMILES string of the molecule is CCN(C[C@H]1CCCN(c2nc(-c3c(O)cccc3F)nc3cc(C)ccc23)C1CCOC)C(=O)O. The molecule has 1 aliphatic rings. The van der Waals surface area contributed by atoms with Gasteiger partial charge in [-0.05, 0) is 68.9 Å². The van der Waals surface area contributed by atoms with Crippen molar-refractivity contribution in [3.63, 3.8) is 0 Å². The molecule has 0 radical (unpaired) electrons. The summed E-state index contributed by atoms with van der Waals surface area (Å²) in [6.07, 6.45) is 1.51. The number of hydrogen-bond donors (Lipinski definition) is 2. The number of aromatic nitrogens is 2. The maximum atomic E-state index is 14.8. The summed E-state index contributed by atoms with van der Waals surface area (Å²) in [5, 5.41) is 20.9. The third kappa shape index (κ3) is 5.21. The molecule has 192 valence electrons. The summed E-state index contributed by atoms with van der Waals surface area (Å²) >= 11 is 0. The number of phenolic OH excluding ortho intramolecular Hbond substituents is 1. The Hall–Kier alpha value is -3.46. The van der Waals surface area contributed by atoms with E-state index in [9.17, 15) is 19.4 Å². The van der Waals surface area contributed by atoms with Gasteiger partial charge < -0.3 is 24.7 Å². The van der Waals surface area contributed by atoms with Gasteiger partial charge in [-0.15, -0.1) is 0 Å². The first kappa shape index (κ1) is 25.6. The van der Waals surface area contributed by atoms with Crippen molar-refractivity contribution in [1.82, 2.24) is 14.9 Å². The molecule has 2 N–H and O–H groups in total. The third-order valence-corrected chi connectivity index (χ3v) is 6.96. The lowest BCUT2D eigenvalue weighted by Gasteiger charge is -2.43. The van der Waals surface area contributed by atoms with Crippen LogP contribution in [-0.4, -0.2) is 70.6 Å². The van der Waals surface area contributed by atoms with Crippen molar-refractivity contribution in [1.29, 1.82) is 0 Å². The Morgan fingerprint density at radius 1 is 1.28 bits per heavy atom. The molecule has 0 saturated carbocycles. The van der Waals surface area contributed by atoms with Gasteiger partial charge in [0.05, 0.1) is 11.1 Å². The second-order valence-corrected chi connectivity index (χ2v) is 9.29. The highest BCUT2D eigenvalue weighted by atomic mass is 19.1. The van der Waals surface area contributed by atoms with Crippen LogP contribution in [0.15, 0.2) is 36.4 Å². The van der Waals surface area contributed by atoms with Crippen LogP contribution in [0.1, 0.15) is 31.7 Å². The van der Waals surface area contributed by atoms with Crippen molar-refractivity contribution in [2.45, 2.75) is 39.2 Å². The molecule has 1 amide bonds. The Morgan fingerprint density at radius 2 is 2.08 bits per heavy atom. The predicted molar refractivity (Wildman–Crippen MR) is 137 cm³/mol. The minimum atomic E-state index is -0.930. The standard InChI is InChI=1S/C27H33FN4O4/c1-4-31(27(34)35)16-18-7-6-13-32(22(18)12-14-36-3)26-19-11-10-17(2)15-21(19)29-25(30-26)24-20(28)8-5-9-23(24)33/h5,8-11,15,18,22,33H,4,6-7,12-14,16H2,1-3H3,(H,34,35)/t18-,22?/m1/s1. The zero-order valence-corrected chi connectivity index (χ0v) is 20.9. The van der Waals surface area contributed by atoms with E-state index in [0.29, 0.717) is 44.0 Å². The number of carboxylic acid groups (broad SMARTS) is 1. The summed E-state index contributed by atoms with van der Waals surface area (Å²) in [6, 6.07) is 10.00. The fraction of sp³-hybridized carbons (Fsp3) is 0.444. The second kappa shape index (κ2) is 11.1. The topological polar surface area (TPSA) is 99.0 Å². The molecule has 1 aliphatic heterocycles. The normalized spacial score (nSPS) is 17.9. The number of fused-ring (bicyclic) bond motifs is 1. The number of aromatic hydroxyl groups is 1. The highest BCUT2D eigenvalue weighted by Gasteiger charge is 2.35. The van der Waals surface area contributed by atoms with Crippen molar-refractivity contribution in [3.8, 4) is 17.1 Å². The smallest absolute Gasteiger partial charge is 0.407 e. The highest BCUT2D eigenvalue weighted by molar-refractivity contribution is 5.92. The van der Waals surface area contributed by atoms with E-state index < -0.39 is 11.9 Å². The Morgan fingerprint density at radius 3 is 2.78 bits per heavy atom. The molecule has 8 nitrogen and oxygen atoms in total. The molecule has 2 aromatic carbocycles. The van der Waals surface area contributed by atoms with Crippen LogP contribution in [0.3, 0.4) is 0 Å². The summed E-state index contributed by atoms with van der Waals surface area (Å²) in [4.78, 5) is 24.8. The number of halogens is 1. The van der Waals surface area contributed by atoms with Gasteiger partial charge in [-0.2, -0.15) is 0 Å². The summed E-state index contributed by atoms with van der Waals surface area (Å²) in [6.45, 7) is 5.86. The fourth-order valence-corrected chi connectivity index (χ4v) is 5.16. The summed E-state index contributed by atoms with van der Waals surface area (Å²) in [5.74, 6) is 0.0282. The van der Waals surface area contributed by atoms with Gasteiger partial charge in [0.15, 0.2) is 5.82 Å². The number of methoxy groups -OCH3 is 1. The van der Waals surface area contributed by atoms with Crippen LogP contribution >= 0.6 is 0 Å². The van der Waals surface area contributed by atoms with E-state index in [1.165, 1.54) is 23.1 Å². The molecule has 0 aliphatic carbocycles. The number of aryl methyl sites for hydroxylation is 1. The molecule has 2 atom stereocenters. The van der Waals surface area contributed by atoms with E-state index in [2.05, 4.69) is 9.88 Å². The Balaban J connectivity index is 1.85. The molecule has 2 heterocycles.